The van der Waals surface area contributed by atoms with Gasteiger partial charge in [0.2, 0.25) is 0 Å². The molecule has 0 aliphatic rings. The molecule has 0 spiro atoms. The number of benzene rings is 1. The highest BCUT2D eigenvalue weighted by atomic mass is 16.6. The smallest absolute Gasteiger partial charge is 0.274 e. The minimum atomic E-state index is -0.317. The van der Waals surface area contributed by atoms with Crippen LogP contribution in [0.2, 0.25) is 0 Å². The van der Waals surface area contributed by atoms with E-state index in [9.17, 15) is 10.1 Å². The van der Waals surface area contributed by atoms with Crippen molar-refractivity contribution in [2.24, 2.45) is 0 Å². The lowest BCUT2D eigenvalue weighted by molar-refractivity contribution is -0.385. The predicted molar refractivity (Wildman–Crippen MR) is 86.5 cm³/mol. The maximum atomic E-state index is 11.1. The average Bonchev–Trinajstić information content (AvgIpc) is 2.42. The van der Waals surface area contributed by atoms with Crippen molar-refractivity contribution >= 4 is 5.69 Å². The van der Waals surface area contributed by atoms with Gasteiger partial charge in [0, 0.05) is 42.8 Å². The second kappa shape index (κ2) is 8.10. The van der Waals surface area contributed by atoms with Gasteiger partial charge in [-0.25, -0.2) is 0 Å². The molecule has 21 heavy (non-hydrogen) atoms. The maximum Gasteiger partial charge on any atom is 0.274 e. The number of nitro groups is 1. The minimum absolute atomic E-state index is 0.0345. The first-order valence-electron chi connectivity index (χ1n) is 7.57. The van der Waals surface area contributed by atoms with Crippen LogP contribution in [0.15, 0.2) is 24.3 Å². The molecule has 5 nitrogen and oxygen atoms in total. The van der Waals surface area contributed by atoms with E-state index in [4.69, 9.17) is 0 Å². The first-order chi connectivity index (χ1) is 9.84. The lowest BCUT2D eigenvalue weighted by atomic mass is 10.1. The number of nitro benzene ring substituents is 1. The van der Waals surface area contributed by atoms with Crippen molar-refractivity contribution in [3.8, 4) is 0 Å². The zero-order chi connectivity index (χ0) is 16.0. The summed E-state index contributed by atoms with van der Waals surface area (Å²) in [5, 5.41) is 14.4. The number of para-hydroxylation sites is 1. The van der Waals surface area contributed by atoms with Gasteiger partial charge in [0.25, 0.3) is 5.69 Å². The molecule has 0 saturated carbocycles. The Morgan fingerprint density at radius 3 is 2.24 bits per heavy atom. The van der Waals surface area contributed by atoms with Gasteiger partial charge in [0.05, 0.1) is 4.92 Å². The largest absolute Gasteiger partial charge is 0.309 e. The molecular weight excluding hydrogens is 266 g/mol. The molecule has 0 amide bonds. The summed E-state index contributed by atoms with van der Waals surface area (Å²) in [6, 6.07) is 7.87. The molecule has 0 radical (unpaired) electrons. The number of rotatable bonds is 8. The zero-order valence-corrected chi connectivity index (χ0v) is 13.7. The zero-order valence-electron chi connectivity index (χ0n) is 13.7. The summed E-state index contributed by atoms with van der Waals surface area (Å²) in [6.07, 6.45) is 0. The SMILES string of the molecule is CC(NCCN(C(C)C)C(C)C)c1ccccc1[N+](=O)[O-]. The highest BCUT2D eigenvalue weighted by Crippen LogP contribution is 2.24. The lowest BCUT2D eigenvalue weighted by Gasteiger charge is -2.31. The minimum Gasteiger partial charge on any atom is -0.309 e. The Bertz CT molecular complexity index is 453. The summed E-state index contributed by atoms with van der Waals surface area (Å²) in [5.41, 5.74) is 0.921. The molecule has 0 fully saturated rings. The fourth-order valence-corrected chi connectivity index (χ4v) is 2.65. The molecule has 1 rings (SSSR count). The molecule has 1 atom stereocenters. The molecule has 0 aliphatic carbocycles. The van der Waals surface area contributed by atoms with E-state index in [1.807, 2.05) is 19.1 Å². The Morgan fingerprint density at radius 1 is 1.14 bits per heavy atom. The summed E-state index contributed by atoms with van der Waals surface area (Å²) < 4.78 is 0. The second-order valence-electron chi connectivity index (χ2n) is 5.92. The highest BCUT2D eigenvalue weighted by molar-refractivity contribution is 5.41. The Labute approximate surface area is 127 Å². The number of nitrogens with zero attached hydrogens (tertiary/aromatic N) is 2. The Balaban J connectivity index is 2.62. The molecule has 1 unspecified atom stereocenters. The third kappa shape index (κ3) is 5.10. The maximum absolute atomic E-state index is 11.1. The van der Waals surface area contributed by atoms with Crippen LogP contribution in [0.4, 0.5) is 5.69 Å². The average molecular weight is 293 g/mol. The first kappa shape index (κ1) is 17.6. The fraction of sp³-hybridized carbons (Fsp3) is 0.625. The summed E-state index contributed by atoms with van der Waals surface area (Å²) in [4.78, 5) is 13.1. The van der Waals surface area contributed by atoms with Crippen LogP contribution in [0.3, 0.4) is 0 Å². The molecule has 1 N–H and O–H groups in total. The van der Waals surface area contributed by atoms with Gasteiger partial charge >= 0.3 is 0 Å². The quantitative estimate of drug-likeness (QED) is 0.590. The topological polar surface area (TPSA) is 58.4 Å². The van der Waals surface area contributed by atoms with Crippen LogP contribution < -0.4 is 5.32 Å². The summed E-state index contributed by atoms with van der Waals surface area (Å²) in [5.74, 6) is 0. The van der Waals surface area contributed by atoms with Crippen molar-refractivity contribution in [1.82, 2.24) is 10.2 Å². The van der Waals surface area contributed by atoms with Crippen molar-refractivity contribution in [3.05, 3.63) is 39.9 Å². The Hall–Kier alpha value is -1.46. The van der Waals surface area contributed by atoms with Gasteiger partial charge in [0.15, 0.2) is 0 Å². The van der Waals surface area contributed by atoms with Crippen LogP contribution in [0.1, 0.15) is 46.2 Å². The standard InChI is InChI=1S/C16H27N3O2/c1-12(2)18(13(3)4)11-10-17-14(5)15-8-6-7-9-16(15)19(20)21/h6-9,12-14,17H,10-11H2,1-5H3. The van der Waals surface area contributed by atoms with E-state index in [-0.39, 0.29) is 16.7 Å². The van der Waals surface area contributed by atoms with Gasteiger partial charge in [-0.2, -0.15) is 0 Å². The number of hydrogen-bond acceptors (Lipinski definition) is 4. The number of nitrogens with one attached hydrogen (secondary N) is 1. The highest BCUT2D eigenvalue weighted by Gasteiger charge is 2.18. The molecule has 0 heterocycles. The molecule has 0 aromatic heterocycles. The van der Waals surface area contributed by atoms with Gasteiger partial charge in [-0.15, -0.1) is 0 Å². The molecule has 0 aliphatic heterocycles. The summed E-state index contributed by atoms with van der Waals surface area (Å²) in [6.45, 7) is 12.5. The van der Waals surface area contributed by atoms with E-state index in [2.05, 4.69) is 37.9 Å². The van der Waals surface area contributed by atoms with Crippen molar-refractivity contribution in [2.75, 3.05) is 13.1 Å². The normalized spacial score (nSPS) is 13.1. The van der Waals surface area contributed by atoms with E-state index in [0.29, 0.717) is 12.1 Å². The van der Waals surface area contributed by atoms with Gasteiger partial charge in [-0.3, -0.25) is 15.0 Å². The van der Waals surface area contributed by atoms with Crippen molar-refractivity contribution in [1.29, 1.82) is 0 Å². The molecule has 5 heteroatoms. The van der Waals surface area contributed by atoms with Gasteiger partial charge < -0.3 is 5.32 Å². The van der Waals surface area contributed by atoms with E-state index in [1.54, 1.807) is 12.1 Å². The van der Waals surface area contributed by atoms with E-state index in [0.717, 1.165) is 18.7 Å². The molecule has 0 bridgehead atoms. The summed E-state index contributed by atoms with van der Waals surface area (Å²) in [7, 11) is 0. The monoisotopic (exact) mass is 293 g/mol. The lowest BCUT2D eigenvalue weighted by Crippen LogP contribution is -2.41. The second-order valence-corrected chi connectivity index (χ2v) is 5.92. The van der Waals surface area contributed by atoms with E-state index in [1.165, 1.54) is 0 Å². The van der Waals surface area contributed by atoms with E-state index >= 15 is 0 Å². The number of hydrogen-bond donors (Lipinski definition) is 1. The van der Waals surface area contributed by atoms with E-state index < -0.39 is 0 Å². The van der Waals surface area contributed by atoms with Crippen LogP contribution >= 0.6 is 0 Å². The molecule has 118 valence electrons. The molecule has 1 aromatic carbocycles. The van der Waals surface area contributed by atoms with Crippen LogP contribution in [0.5, 0.6) is 0 Å². The predicted octanol–water partition coefficient (Wildman–Crippen LogP) is 3.36. The van der Waals surface area contributed by atoms with Crippen molar-refractivity contribution in [3.63, 3.8) is 0 Å². The van der Waals surface area contributed by atoms with Crippen LogP contribution in [0, 0.1) is 10.1 Å². The van der Waals surface area contributed by atoms with Crippen LogP contribution in [0.25, 0.3) is 0 Å². The third-order valence-corrected chi connectivity index (χ3v) is 3.75. The Kier molecular flexibility index (Phi) is 6.78. The summed E-state index contributed by atoms with van der Waals surface area (Å²) >= 11 is 0. The molecule has 1 aromatic rings. The van der Waals surface area contributed by atoms with Crippen LogP contribution in [-0.2, 0) is 0 Å². The van der Waals surface area contributed by atoms with Gasteiger partial charge in [-0.1, -0.05) is 18.2 Å². The molecule has 0 saturated heterocycles. The van der Waals surface area contributed by atoms with Gasteiger partial charge in [-0.05, 0) is 34.6 Å². The molecular formula is C16H27N3O2. The first-order valence-corrected chi connectivity index (χ1v) is 7.57. The van der Waals surface area contributed by atoms with Crippen molar-refractivity contribution < 1.29 is 4.92 Å². The third-order valence-electron chi connectivity index (χ3n) is 3.75. The van der Waals surface area contributed by atoms with Gasteiger partial charge in [0.1, 0.15) is 0 Å². The van der Waals surface area contributed by atoms with Crippen LogP contribution in [-0.4, -0.2) is 35.0 Å². The Morgan fingerprint density at radius 2 is 1.71 bits per heavy atom. The van der Waals surface area contributed by atoms with Crippen molar-refractivity contribution in [2.45, 2.75) is 52.7 Å². The fourth-order valence-electron chi connectivity index (χ4n) is 2.65.